The molecule has 1 amide bonds. The van der Waals surface area contributed by atoms with Crippen LogP contribution in [0.4, 0.5) is 11.1 Å². The molecule has 0 aliphatic carbocycles. The SMILES string of the molecule is CCCNc1nnc(C(=O)Nc2nccnn2)s1. The lowest BCUT2D eigenvalue weighted by Gasteiger charge is -1.97. The summed E-state index contributed by atoms with van der Waals surface area (Å²) in [6.07, 6.45) is 3.84. The number of nitrogens with zero attached hydrogens (tertiary/aromatic N) is 5. The van der Waals surface area contributed by atoms with Gasteiger partial charge in [-0.05, 0) is 6.42 Å². The minimum absolute atomic E-state index is 0.140. The Morgan fingerprint density at radius 1 is 1.33 bits per heavy atom. The van der Waals surface area contributed by atoms with E-state index in [1.54, 1.807) is 0 Å². The number of hydrogen-bond donors (Lipinski definition) is 2. The van der Waals surface area contributed by atoms with Crippen LogP contribution in [0.2, 0.25) is 0 Å². The average Bonchev–Trinajstić information content (AvgIpc) is 2.86. The first-order valence-electron chi connectivity index (χ1n) is 5.32. The van der Waals surface area contributed by atoms with Crippen LogP contribution in [0.1, 0.15) is 23.1 Å². The first-order chi connectivity index (χ1) is 8.79. The van der Waals surface area contributed by atoms with Gasteiger partial charge in [-0.3, -0.25) is 10.1 Å². The van der Waals surface area contributed by atoms with Crippen molar-refractivity contribution in [2.24, 2.45) is 0 Å². The monoisotopic (exact) mass is 265 g/mol. The molecule has 0 aromatic carbocycles. The van der Waals surface area contributed by atoms with Crippen molar-refractivity contribution in [3.05, 3.63) is 17.4 Å². The number of amides is 1. The topological polar surface area (TPSA) is 106 Å². The molecule has 0 aliphatic rings. The Hall–Kier alpha value is -2.16. The Morgan fingerprint density at radius 3 is 2.94 bits per heavy atom. The molecule has 0 fully saturated rings. The number of hydrogen-bond acceptors (Lipinski definition) is 8. The number of rotatable bonds is 5. The van der Waals surface area contributed by atoms with E-state index < -0.39 is 5.91 Å². The standard InChI is InChI=1S/C9H11N7OS/c1-2-3-11-9-16-14-7(18-9)6(17)13-8-10-4-5-12-15-8/h4-5H,2-3H2,1H3,(H,11,16)(H,10,13,15,17). The third kappa shape index (κ3) is 3.17. The summed E-state index contributed by atoms with van der Waals surface area (Å²) < 4.78 is 0. The first-order valence-corrected chi connectivity index (χ1v) is 6.13. The smallest absolute Gasteiger partial charge is 0.289 e. The van der Waals surface area contributed by atoms with Crippen molar-refractivity contribution in [1.82, 2.24) is 25.4 Å². The normalized spacial score (nSPS) is 10.1. The summed E-state index contributed by atoms with van der Waals surface area (Å²) in [7, 11) is 0. The zero-order valence-corrected chi connectivity index (χ0v) is 10.4. The maximum absolute atomic E-state index is 11.8. The third-order valence-electron chi connectivity index (χ3n) is 1.85. The van der Waals surface area contributed by atoms with Crippen LogP contribution in [-0.4, -0.2) is 37.8 Å². The van der Waals surface area contributed by atoms with Crippen LogP contribution in [-0.2, 0) is 0 Å². The van der Waals surface area contributed by atoms with E-state index in [-0.39, 0.29) is 11.0 Å². The van der Waals surface area contributed by atoms with Crippen LogP contribution < -0.4 is 10.6 Å². The maximum atomic E-state index is 11.8. The van der Waals surface area contributed by atoms with E-state index >= 15 is 0 Å². The predicted octanol–water partition coefficient (Wildman–Crippen LogP) is 0.797. The molecule has 0 aliphatic heterocycles. The van der Waals surface area contributed by atoms with Gasteiger partial charge in [-0.1, -0.05) is 18.3 Å². The van der Waals surface area contributed by atoms with Gasteiger partial charge in [-0.2, -0.15) is 5.10 Å². The van der Waals surface area contributed by atoms with Gasteiger partial charge in [0.2, 0.25) is 16.1 Å². The summed E-state index contributed by atoms with van der Waals surface area (Å²) in [5.74, 6) is -0.259. The highest BCUT2D eigenvalue weighted by atomic mass is 32.1. The fourth-order valence-electron chi connectivity index (χ4n) is 1.08. The van der Waals surface area contributed by atoms with Crippen LogP contribution in [0, 0.1) is 0 Å². The molecular weight excluding hydrogens is 254 g/mol. The second-order valence-electron chi connectivity index (χ2n) is 3.26. The molecule has 94 valence electrons. The Bertz CT molecular complexity index is 515. The summed E-state index contributed by atoms with van der Waals surface area (Å²) in [6.45, 7) is 2.84. The van der Waals surface area contributed by atoms with E-state index in [9.17, 15) is 4.79 Å². The first kappa shape index (κ1) is 12.3. The minimum atomic E-state index is -0.398. The van der Waals surface area contributed by atoms with Gasteiger partial charge in [0.15, 0.2) is 0 Å². The van der Waals surface area contributed by atoms with E-state index in [1.807, 2.05) is 6.92 Å². The number of anilines is 2. The van der Waals surface area contributed by atoms with E-state index in [1.165, 1.54) is 23.7 Å². The van der Waals surface area contributed by atoms with Crippen molar-refractivity contribution in [3.63, 3.8) is 0 Å². The van der Waals surface area contributed by atoms with Gasteiger partial charge < -0.3 is 5.32 Å². The molecule has 2 aromatic rings. The fraction of sp³-hybridized carbons (Fsp3) is 0.333. The molecule has 2 aromatic heterocycles. The van der Waals surface area contributed by atoms with Gasteiger partial charge in [-0.25, -0.2) is 4.98 Å². The largest absolute Gasteiger partial charge is 0.360 e. The average molecular weight is 265 g/mol. The van der Waals surface area contributed by atoms with Gasteiger partial charge >= 0.3 is 0 Å². The molecular formula is C9H11N7OS. The Labute approximate surface area is 107 Å². The summed E-state index contributed by atoms with van der Waals surface area (Å²) in [5, 5.41) is 21.3. The van der Waals surface area contributed by atoms with Crippen molar-refractivity contribution in [2.75, 3.05) is 17.2 Å². The second kappa shape index (κ2) is 5.96. The van der Waals surface area contributed by atoms with Crippen LogP contribution in [0.5, 0.6) is 0 Å². The third-order valence-corrected chi connectivity index (χ3v) is 2.73. The van der Waals surface area contributed by atoms with Crippen molar-refractivity contribution < 1.29 is 4.79 Å². The fourth-order valence-corrected chi connectivity index (χ4v) is 1.74. The Balaban J connectivity index is 1.99. The summed E-state index contributed by atoms with van der Waals surface area (Å²) in [5.41, 5.74) is 0. The lowest BCUT2D eigenvalue weighted by atomic mass is 10.5. The van der Waals surface area contributed by atoms with E-state index in [0.717, 1.165) is 13.0 Å². The summed E-state index contributed by atoms with van der Waals surface area (Å²) >= 11 is 1.18. The van der Waals surface area contributed by atoms with Crippen LogP contribution in [0.15, 0.2) is 12.4 Å². The van der Waals surface area contributed by atoms with Gasteiger partial charge in [0.05, 0.1) is 12.4 Å². The second-order valence-corrected chi connectivity index (χ2v) is 4.24. The molecule has 0 spiro atoms. The van der Waals surface area contributed by atoms with E-state index in [0.29, 0.717) is 5.13 Å². The zero-order chi connectivity index (χ0) is 12.8. The molecule has 2 N–H and O–H groups in total. The zero-order valence-electron chi connectivity index (χ0n) is 9.62. The lowest BCUT2D eigenvalue weighted by Crippen LogP contribution is -2.14. The van der Waals surface area contributed by atoms with Crippen LogP contribution >= 0.6 is 11.3 Å². The molecule has 0 bridgehead atoms. The van der Waals surface area contributed by atoms with Gasteiger partial charge in [0, 0.05) is 6.54 Å². The molecule has 0 atom stereocenters. The number of carbonyl (C=O) groups excluding carboxylic acids is 1. The van der Waals surface area contributed by atoms with Crippen LogP contribution in [0.3, 0.4) is 0 Å². The summed E-state index contributed by atoms with van der Waals surface area (Å²) in [4.78, 5) is 15.6. The molecule has 8 nitrogen and oxygen atoms in total. The Kier molecular flexibility index (Phi) is 4.07. The molecule has 0 saturated heterocycles. The maximum Gasteiger partial charge on any atom is 0.289 e. The lowest BCUT2D eigenvalue weighted by molar-refractivity contribution is 0.102. The molecule has 0 unspecified atom stereocenters. The van der Waals surface area contributed by atoms with E-state index in [2.05, 4.69) is 36.0 Å². The van der Waals surface area contributed by atoms with Crippen LogP contribution in [0.25, 0.3) is 0 Å². The van der Waals surface area contributed by atoms with Gasteiger partial charge in [-0.15, -0.1) is 15.3 Å². The van der Waals surface area contributed by atoms with Gasteiger partial charge in [0.1, 0.15) is 0 Å². The highest BCUT2D eigenvalue weighted by Gasteiger charge is 2.13. The molecule has 0 saturated carbocycles. The molecule has 18 heavy (non-hydrogen) atoms. The van der Waals surface area contributed by atoms with E-state index in [4.69, 9.17) is 0 Å². The highest BCUT2D eigenvalue weighted by molar-refractivity contribution is 7.17. The summed E-state index contributed by atoms with van der Waals surface area (Å²) in [6, 6.07) is 0. The molecule has 9 heteroatoms. The van der Waals surface area contributed by atoms with Crippen molar-refractivity contribution in [1.29, 1.82) is 0 Å². The quantitative estimate of drug-likeness (QED) is 0.823. The van der Waals surface area contributed by atoms with Crippen molar-refractivity contribution >= 4 is 28.3 Å². The molecule has 2 heterocycles. The minimum Gasteiger partial charge on any atom is -0.360 e. The molecule has 0 radical (unpaired) electrons. The number of aromatic nitrogens is 5. The van der Waals surface area contributed by atoms with Crippen molar-refractivity contribution in [3.8, 4) is 0 Å². The number of nitrogens with one attached hydrogen (secondary N) is 2. The Morgan fingerprint density at radius 2 is 2.22 bits per heavy atom. The highest BCUT2D eigenvalue weighted by Crippen LogP contribution is 2.15. The predicted molar refractivity (Wildman–Crippen MR) is 66.5 cm³/mol. The molecule has 2 rings (SSSR count). The number of carbonyl (C=O) groups is 1. The van der Waals surface area contributed by atoms with Gasteiger partial charge in [0.25, 0.3) is 5.91 Å². The van der Waals surface area contributed by atoms with Crippen molar-refractivity contribution in [2.45, 2.75) is 13.3 Å².